The van der Waals surface area contributed by atoms with Gasteiger partial charge in [-0.1, -0.05) is 24.3 Å². The van der Waals surface area contributed by atoms with Gasteiger partial charge in [0.15, 0.2) is 5.92 Å². The van der Waals surface area contributed by atoms with Crippen molar-refractivity contribution in [2.45, 2.75) is 5.92 Å². The molecule has 2 aromatic rings. The lowest BCUT2D eigenvalue weighted by Gasteiger charge is -2.09. The predicted molar refractivity (Wildman–Crippen MR) is 67.7 cm³/mol. The minimum atomic E-state index is -0.848. The molecule has 1 unspecified atom stereocenters. The smallest absolute Gasteiger partial charge is 0.246 e. The van der Waals surface area contributed by atoms with Gasteiger partial charge in [0.05, 0.1) is 6.07 Å². The molecule has 0 aliphatic heterocycles. The number of nitriles is 1. The average Bonchev–Trinajstić information content (AvgIpc) is 2.42. The molecular weight excluding hydrogens is 226 g/mol. The lowest BCUT2D eigenvalue weighted by molar-refractivity contribution is -0.116. The Labute approximate surface area is 105 Å². The fourth-order valence-electron chi connectivity index (χ4n) is 1.57. The molecular formula is C14H11N3O. The van der Waals surface area contributed by atoms with Crippen LogP contribution in [0.2, 0.25) is 0 Å². The van der Waals surface area contributed by atoms with Crippen molar-refractivity contribution < 1.29 is 4.79 Å². The molecule has 1 heterocycles. The number of para-hydroxylation sites is 1. The average molecular weight is 237 g/mol. The Morgan fingerprint density at radius 3 is 2.61 bits per heavy atom. The van der Waals surface area contributed by atoms with Gasteiger partial charge in [0, 0.05) is 18.1 Å². The number of pyridine rings is 1. The van der Waals surface area contributed by atoms with Crippen LogP contribution in [-0.2, 0) is 4.79 Å². The molecule has 0 fully saturated rings. The Kier molecular flexibility index (Phi) is 3.67. The second-order valence-corrected chi connectivity index (χ2v) is 3.70. The number of anilines is 1. The summed E-state index contributed by atoms with van der Waals surface area (Å²) in [5.74, 6) is -1.20. The zero-order chi connectivity index (χ0) is 12.8. The normalized spacial score (nSPS) is 11.3. The second-order valence-electron chi connectivity index (χ2n) is 3.70. The van der Waals surface area contributed by atoms with Crippen molar-refractivity contribution >= 4 is 11.6 Å². The molecule has 88 valence electrons. The van der Waals surface area contributed by atoms with Gasteiger partial charge in [0.25, 0.3) is 0 Å². The molecule has 0 aliphatic rings. The van der Waals surface area contributed by atoms with Crippen LogP contribution in [0, 0.1) is 11.3 Å². The molecule has 0 saturated carbocycles. The number of carbonyl (C=O) groups excluding carboxylic acids is 1. The van der Waals surface area contributed by atoms with E-state index in [1.165, 1.54) is 6.20 Å². The van der Waals surface area contributed by atoms with Crippen LogP contribution in [-0.4, -0.2) is 10.9 Å². The molecule has 1 N–H and O–H groups in total. The Hall–Kier alpha value is -2.67. The molecule has 0 spiro atoms. The minimum absolute atomic E-state index is 0.350. The third kappa shape index (κ3) is 2.71. The lowest BCUT2D eigenvalue weighted by Crippen LogP contribution is -2.20. The highest BCUT2D eigenvalue weighted by Gasteiger charge is 2.20. The largest absolute Gasteiger partial charge is 0.325 e. The van der Waals surface area contributed by atoms with Gasteiger partial charge in [-0.2, -0.15) is 5.26 Å². The van der Waals surface area contributed by atoms with Crippen molar-refractivity contribution in [3.63, 3.8) is 0 Å². The monoisotopic (exact) mass is 237 g/mol. The third-order valence-electron chi connectivity index (χ3n) is 2.45. The van der Waals surface area contributed by atoms with Crippen LogP contribution in [0.5, 0.6) is 0 Å². The molecule has 0 aliphatic carbocycles. The lowest BCUT2D eigenvalue weighted by atomic mass is 10.0. The van der Waals surface area contributed by atoms with Crippen molar-refractivity contribution in [3.05, 3.63) is 60.4 Å². The van der Waals surface area contributed by atoms with Gasteiger partial charge in [-0.25, -0.2) is 0 Å². The fraction of sp³-hybridized carbons (Fsp3) is 0.0714. The summed E-state index contributed by atoms with van der Waals surface area (Å²) in [6, 6.07) is 14.5. The van der Waals surface area contributed by atoms with Gasteiger partial charge in [-0.05, 0) is 23.8 Å². The van der Waals surface area contributed by atoms with Gasteiger partial charge >= 0.3 is 0 Å². The summed E-state index contributed by atoms with van der Waals surface area (Å²) in [5.41, 5.74) is 1.26. The van der Waals surface area contributed by atoms with E-state index in [1.807, 2.05) is 24.3 Å². The SMILES string of the molecule is N#CC(C(=O)Nc1ccccc1)c1cccnc1. The maximum absolute atomic E-state index is 12.0. The maximum atomic E-state index is 12.0. The summed E-state index contributed by atoms with van der Waals surface area (Å²) in [4.78, 5) is 15.9. The first-order valence-corrected chi connectivity index (χ1v) is 5.46. The Morgan fingerprint density at radius 2 is 2.00 bits per heavy atom. The van der Waals surface area contributed by atoms with Crippen molar-refractivity contribution in [1.82, 2.24) is 4.98 Å². The molecule has 18 heavy (non-hydrogen) atoms. The van der Waals surface area contributed by atoms with Crippen molar-refractivity contribution in [2.24, 2.45) is 0 Å². The topological polar surface area (TPSA) is 65.8 Å². The van der Waals surface area contributed by atoms with Crippen LogP contribution in [0.3, 0.4) is 0 Å². The van der Waals surface area contributed by atoms with Crippen molar-refractivity contribution in [2.75, 3.05) is 5.32 Å². The van der Waals surface area contributed by atoms with E-state index in [4.69, 9.17) is 5.26 Å². The van der Waals surface area contributed by atoms with Crippen LogP contribution < -0.4 is 5.32 Å². The molecule has 0 bridgehead atoms. The molecule has 1 aromatic heterocycles. The molecule has 4 heteroatoms. The first-order chi connectivity index (χ1) is 8.81. The van der Waals surface area contributed by atoms with Gasteiger partial charge in [0.1, 0.15) is 0 Å². The summed E-state index contributed by atoms with van der Waals surface area (Å²) in [7, 11) is 0. The first-order valence-electron chi connectivity index (χ1n) is 5.46. The molecule has 2 rings (SSSR count). The van der Waals surface area contributed by atoms with Gasteiger partial charge < -0.3 is 5.32 Å². The number of hydrogen-bond acceptors (Lipinski definition) is 3. The maximum Gasteiger partial charge on any atom is 0.246 e. The predicted octanol–water partition coefficient (Wildman–Crippen LogP) is 2.33. The van der Waals surface area contributed by atoms with Crippen molar-refractivity contribution in [3.8, 4) is 6.07 Å². The van der Waals surface area contributed by atoms with Crippen LogP contribution in [0.1, 0.15) is 11.5 Å². The van der Waals surface area contributed by atoms with Gasteiger partial charge in [0.2, 0.25) is 5.91 Å². The van der Waals surface area contributed by atoms with Crippen LogP contribution >= 0.6 is 0 Å². The van der Waals surface area contributed by atoms with E-state index >= 15 is 0 Å². The van der Waals surface area contributed by atoms with E-state index in [9.17, 15) is 4.79 Å². The van der Waals surface area contributed by atoms with Gasteiger partial charge in [-0.15, -0.1) is 0 Å². The number of amides is 1. The van der Waals surface area contributed by atoms with E-state index in [0.29, 0.717) is 11.3 Å². The number of nitrogens with zero attached hydrogens (tertiary/aromatic N) is 2. The number of hydrogen-bond donors (Lipinski definition) is 1. The third-order valence-corrected chi connectivity index (χ3v) is 2.45. The summed E-state index contributed by atoms with van der Waals surface area (Å²) < 4.78 is 0. The van der Waals surface area contributed by atoms with E-state index in [2.05, 4.69) is 10.3 Å². The number of aromatic nitrogens is 1. The summed E-state index contributed by atoms with van der Waals surface area (Å²) in [5, 5.41) is 11.8. The quantitative estimate of drug-likeness (QED) is 0.890. The van der Waals surface area contributed by atoms with Crippen LogP contribution in [0.25, 0.3) is 0 Å². The van der Waals surface area contributed by atoms with Crippen LogP contribution in [0.15, 0.2) is 54.9 Å². The Balaban J connectivity index is 2.15. The number of benzene rings is 1. The Morgan fingerprint density at radius 1 is 1.22 bits per heavy atom. The number of carbonyl (C=O) groups is 1. The summed E-state index contributed by atoms with van der Waals surface area (Å²) in [6.07, 6.45) is 3.13. The van der Waals surface area contributed by atoms with E-state index < -0.39 is 5.92 Å². The number of rotatable bonds is 3. The van der Waals surface area contributed by atoms with E-state index in [-0.39, 0.29) is 5.91 Å². The molecule has 4 nitrogen and oxygen atoms in total. The summed E-state index contributed by atoms with van der Waals surface area (Å²) in [6.45, 7) is 0. The number of nitrogens with one attached hydrogen (secondary N) is 1. The zero-order valence-corrected chi connectivity index (χ0v) is 9.58. The molecule has 1 aromatic carbocycles. The summed E-state index contributed by atoms with van der Waals surface area (Å²) >= 11 is 0. The highest BCUT2D eigenvalue weighted by Crippen LogP contribution is 2.16. The van der Waals surface area contributed by atoms with E-state index in [0.717, 1.165) is 0 Å². The second kappa shape index (κ2) is 5.60. The molecule has 0 saturated heterocycles. The highest BCUT2D eigenvalue weighted by atomic mass is 16.1. The first kappa shape index (κ1) is 11.8. The minimum Gasteiger partial charge on any atom is -0.325 e. The highest BCUT2D eigenvalue weighted by molar-refractivity contribution is 5.97. The zero-order valence-electron chi connectivity index (χ0n) is 9.58. The fourth-order valence-corrected chi connectivity index (χ4v) is 1.57. The van der Waals surface area contributed by atoms with E-state index in [1.54, 1.807) is 30.5 Å². The van der Waals surface area contributed by atoms with Crippen LogP contribution in [0.4, 0.5) is 5.69 Å². The Bertz CT molecular complexity index is 561. The molecule has 0 radical (unpaired) electrons. The van der Waals surface area contributed by atoms with Gasteiger partial charge in [-0.3, -0.25) is 9.78 Å². The molecule has 1 amide bonds. The van der Waals surface area contributed by atoms with Crippen molar-refractivity contribution in [1.29, 1.82) is 5.26 Å². The standard InChI is InChI=1S/C14H11N3O/c15-9-13(11-5-4-8-16-10-11)14(18)17-12-6-2-1-3-7-12/h1-8,10,13H,(H,17,18). The molecule has 1 atom stereocenters.